The Labute approximate surface area is 107 Å². The summed E-state index contributed by atoms with van der Waals surface area (Å²) in [6.07, 6.45) is 3.28. The predicted octanol–water partition coefficient (Wildman–Crippen LogP) is 4.29. The highest BCUT2D eigenvalue weighted by Crippen LogP contribution is 2.20. The van der Waals surface area contributed by atoms with E-state index in [4.69, 9.17) is 0 Å². The van der Waals surface area contributed by atoms with E-state index in [1.54, 1.807) is 0 Å². The van der Waals surface area contributed by atoms with Crippen molar-refractivity contribution in [2.75, 3.05) is 0 Å². The number of rotatable bonds is 7. The first kappa shape index (κ1) is 14.8. The van der Waals surface area contributed by atoms with Gasteiger partial charge < -0.3 is 0 Å². The Hall–Kier alpha value is -1.25. The van der Waals surface area contributed by atoms with Crippen LogP contribution in [0.5, 0.6) is 0 Å². The van der Waals surface area contributed by atoms with Gasteiger partial charge in [0, 0.05) is 17.9 Å². The van der Waals surface area contributed by atoms with Crippen LogP contribution in [0.1, 0.15) is 45.1 Å². The summed E-state index contributed by atoms with van der Waals surface area (Å²) in [4.78, 5) is 12.1. The molecule has 0 aromatic heterocycles. The summed E-state index contributed by atoms with van der Waals surface area (Å²) in [5.41, 5.74) is -0.0975. The molecule has 1 rings (SSSR count). The lowest BCUT2D eigenvalue weighted by molar-refractivity contribution is -0.122. The molecule has 0 fully saturated rings. The third-order valence-electron chi connectivity index (χ3n) is 3.14. The van der Waals surface area contributed by atoms with Crippen LogP contribution in [-0.4, -0.2) is 5.78 Å². The fraction of sp³-hybridized carbons (Fsp3) is 0.533. The van der Waals surface area contributed by atoms with Gasteiger partial charge in [-0.15, -0.1) is 0 Å². The van der Waals surface area contributed by atoms with E-state index in [9.17, 15) is 13.6 Å². The molecule has 0 aliphatic carbocycles. The van der Waals surface area contributed by atoms with Crippen LogP contribution in [-0.2, 0) is 11.2 Å². The lowest BCUT2D eigenvalue weighted by atomic mass is 9.90. The minimum Gasteiger partial charge on any atom is -0.299 e. The molecule has 0 aliphatic heterocycles. The smallest absolute Gasteiger partial charge is 0.140 e. The van der Waals surface area contributed by atoms with Crippen LogP contribution >= 0.6 is 0 Å². The van der Waals surface area contributed by atoms with E-state index in [1.807, 2.05) is 13.8 Å². The minimum atomic E-state index is -0.630. The largest absolute Gasteiger partial charge is 0.299 e. The molecule has 1 aromatic rings. The van der Waals surface area contributed by atoms with Crippen LogP contribution in [0.2, 0.25) is 0 Å². The highest BCUT2D eigenvalue weighted by atomic mass is 19.1. The summed E-state index contributed by atoms with van der Waals surface area (Å²) in [6.45, 7) is 4.03. The molecule has 1 nitrogen and oxygen atoms in total. The maximum atomic E-state index is 13.5. The Bertz CT molecular complexity index is 375. The zero-order valence-electron chi connectivity index (χ0n) is 11.0. The molecule has 0 saturated heterocycles. The van der Waals surface area contributed by atoms with Crippen molar-refractivity contribution in [1.29, 1.82) is 0 Å². The van der Waals surface area contributed by atoms with Gasteiger partial charge in [0.2, 0.25) is 0 Å². The third kappa shape index (κ3) is 3.90. The molecule has 0 radical (unpaired) electrons. The first-order chi connectivity index (χ1) is 8.60. The monoisotopic (exact) mass is 254 g/mol. The Morgan fingerprint density at radius 3 is 2.06 bits per heavy atom. The van der Waals surface area contributed by atoms with Gasteiger partial charge in [0.25, 0.3) is 0 Å². The van der Waals surface area contributed by atoms with Gasteiger partial charge in [-0.1, -0.05) is 32.8 Å². The molecule has 0 N–H and O–H groups in total. The second-order valence-corrected chi connectivity index (χ2v) is 4.62. The van der Waals surface area contributed by atoms with E-state index in [1.165, 1.54) is 18.2 Å². The highest BCUT2D eigenvalue weighted by molar-refractivity contribution is 5.83. The summed E-state index contributed by atoms with van der Waals surface area (Å²) >= 11 is 0. The van der Waals surface area contributed by atoms with Crippen molar-refractivity contribution in [1.82, 2.24) is 0 Å². The summed E-state index contributed by atoms with van der Waals surface area (Å²) in [7, 11) is 0. The average Bonchev–Trinajstić information content (AvgIpc) is 2.33. The molecule has 0 unspecified atom stereocenters. The number of ketones is 1. The molecule has 0 saturated carbocycles. The lowest BCUT2D eigenvalue weighted by Gasteiger charge is -2.14. The van der Waals surface area contributed by atoms with Crippen molar-refractivity contribution in [2.24, 2.45) is 5.92 Å². The van der Waals surface area contributed by atoms with Crippen LogP contribution < -0.4 is 0 Å². The molecule has 0 spiro atoms. The SMILES string of the molecule is CCCC(CCC)C(=O)Cc1c(F)cccc1F. The summed E-state index contributed by atoms with van der Waals surface area (Å²) in [5, 5.41) is 0. The highest BCUT2D eigenvalue weighted by Gasteiger charge is 2.20. The molecule has 0 bridgehead atoms. The van der Waals surface area contributed by atoms with Crippen molar-refractivity contribution in [2.45, 2.75) is 46.0 Å². The second-order valence-electron chi connectivity index (χ2n) is 4.62. The van der Waals surface area contributed by atoms with Crippen LogP contribution in [0.15, 0.2) is 18.2 Å². The van der Waals surface area contributed by atoms with E-state index in [0.29, 0.717) is 0 Å². The van der Waals surface area contributed by atoms with Gasteiger partial charge in [-0.3, -0.25) is 4.79 Å². The van der Waals surface area contributed by atoms with Gasteiger partial charge in [0.1, 0.15) is 17.4 Å². The normalized spacial score (nSPS) is 10.9. The molecular weight excluding hydrogens is 234 g/mol. The van der Waals surface area contributed by atoms with Gasteiger partial charge in [0.15, 0.2) is 0 Å². The van der Waals surface area contributed by atoms with Crippen LogP contribution in [0, 0.1) is 17.6 Å². The quantitative estimate of drug-likeness (QED) is 0.709. The van der Waals surface area contributed by atoms with Gasteiger partial charge >= 0.3 is 0 Å². The van der Waals surface area contributed by atoms with E-state index in [0.717, 1.165) is 25.7 Å². The van der Waals surface area contributed by atoms with Crippen molar-refractivity contribution in [3.63, 3.8) is 0 Å². The number of benzene rings is 1. The number of carbonyl (C=O) groups excluding carboxylic acids is 1. The molecule has 3 heteroatoms. The third-order valence-corrected chi connectivity index (χ3v) is 3.14. The summed E-state index contributed by atoms with van der Waals surface area (Å²) in [5.74, 6) is -1.38. The molecular formula is C15H20F2O. The van der Waals surface area contributed by atoms with Gasteiger partial charge in [-0.05, 0) is 25.0 Å². The number of Topliss-reactive ketones (excluding diaryl/α,β-unsaturated/α-hetero) is 1. The number of carbonyl (C=O) groups is 1. The standard InChI is InChI=1S/C15H20F2O/c1-3-6-11(7-4-2)15(18)10-12-13(16)8-5-9-14(12)17/h5,8-9,11H,3-4,6-7,10H2,1-2H3. The van der Waals surface area contributed by atoms with Crippen LogP contribution in [0.4, 0.5) is 8.78 Å². The van der Waals surface area contributed by atoms with Crippen molar-refractivity contribution >= 4 is 5.78 Å². The number of hydrogen-bond donors (Lipinski definition) is 0. The second kappa shape index (κ2) is 7.24. The van der Waals surface area contributed by atoms with Gasteiger partial charge in [-0.2, -0.15) is 0 Å². The van der Waals surface area contributed by atoms with Crippen molar-refractivity contribution < 1.29 is 13.6 Å². The zero-order chi connectivity index (χ0) is 13.5. The van der Waals surface area contributed by atoms with E-state index in [2.05, 4.69) is 0 Å². The van der Waals surface area contributed by atoms with Crippen LogP contribution in [0.25, 0.3) is 0 Å². The first-order valence-electron chi connectivity index (χ1n) is 6.55. The number of halogens is 2. The first-order valence-corrected chi connectivity index (χ1v) is 6.55. The fourth-order valence-electron chi connectivity index (χ4n) is 2.18. The van der Waals surface area contributed by atoms with Crippen molar-refractivity contribution in [3.8, 4) is 0 Å². The molecule has 0 heterocycles. The molecule has 0 amide bonds. The Balaban J connectivity index is 2.79. The molecule has 100 valence electrons. The zero-order valence-corrected chi connectivity index (χ0v) is 11.0. The molecule has 18 heavy (non-hydrogen) atoms. The predicted molar refractivity (Wildman–Crippen MR) is 68.4 cm³/mol. The Kier molecular flexibility index (Phi) is 5.96. The number of hydrogen-bond acceptors (Lipinski definition) is 1. The average molecular weight is 254 g/mol. The summed E-state index contributed by atoms with van der Waals surface area (Å²) < 4.78 is 26.9. The van der Waals surface area contributed by atoms with E-state index >= 15 is 0 Å². The van der Waals surface area contributed by atoms with E-state index < -0.39 is 11.6 Å². The Morgan fingerprint density at radius 1 is 1.11 bits per heavy atom. The maximum Gasteiger partial charge on any atom is 0.140 e. The van der Waals surface area contributed by atoms with Gasteiger partial charge in [-0.25, -0.2) is 8.78 Å². The van der Waals surface area contributed by atoms with E-state index in [-0.39, 0.29) is 23.7 Å². The summed E-state index contributed by atoms with van der Waals surface area (Å²) in [6, 6.07) is 3.70. The van der Waals surface area contributed by atoms with Crippen molar-refractivity contribution in [3.05, 3.63) is 35.4 Å². The van der Waals surface area contributed by atoms with Gasteiger partial charge in [0.05, 0.1) is 0 Å². The molecule has 0 atom stereocenters. The molecule has 1 aromatic carbocycles. The minimum absolute atomic E-state index is 0.0531. The van der Waals surface area contributed by atoms with Crippen LogP contribution in [0.3, 0.4) is 0 Å². The fourth-order valence-corrected chi connectivity index (χ4v) is 2.18. The topological polar surface area (TPSA) is 17.1 Å². The lowest BCUT2D eigenvalue weighted by Crippen LogP contribution is -2.18. The molecule has 0 aliphatic rings. The maximum absolute atomic E-state index is 13.5. The Morgan fingerprint density at radius 2 is 1.61 bits per heavy atom.